The number of rotatable bonds is 6. The number of aryl methyl sites for hydroxylation is 1. The van der Waals surface area contributed by atoms with Crippen molar-refractivity contribution in [3.05, 3.63) is 23.8 Å². The lowest BCUT2D eigenvalue weighted by molar-refractivity contribution is 0.585. The van der Waals surface area contributed by atoms with Crippen molar-refractivity contribution < 1.29 is 0 Å². The van der Waals surface area contributed by atoms with Crippen LogP contribution >= 0.6 is 0 Å². The highest BCUT2D eigenvalue weighted by Crippen LogP contribution is 2.00. The van der Waals surface area contributed by atoms with Crippen molar-refractivity contribution in [2.75, 3.05) is 0 Å². The normalized spacial score (nSPS) is 10.9. The van der Waals surface area contributed by atoms with Crippen LogP contribution in [0.2, 0.25) is 0 Å². The van der Waals surface area contributed by atoms with E-state index in [-0.39, 0.29) is 0 Å². The summed E-state index contributed by atoms with van der Waals surface area (Å²) in [4.78, 5) is 8.69. The van der Waals surface area contributed by atoms with Crippen LogP contribution in [-0.4, -0.2) is 16.0 Å². The molecule has 0 saturated heterocycles. The molecule has 1 aromatic rings. The maximum atomic E-state index is 4.34. The van der Waals surface area contributed by atoms with Crippen molar-refractivity contribution in [1.29, 1.82) is 0 Å². The maximum Gasteiger partial charge on any atom is 0.128 e. The summed E-state index contributed by atoms with van der Waals surface area (Å²) in [6.45, 7) is 7.31. The van der Waals surface area contributed by atoms with Crippen molar-refractivity contribution in [3.63, 3.8) is 0 Å². The minimum atomic E-state index is 0.504. The molecule has 0 aliphatic rings. The Kier molecular flexibility index (Phi) is 5.26. The molecule has 1 rings (SSSR count). The molecule has 0 aliphatic carbocycles. The number of nitrogens with zero attached hydrogens (tertiary/aromatic N) is 2. The largest absolute Gasteiger partial charge is 0.310 e. The second kappa shape index (κ2) is 6.51. The monoisotopic (exact) mass is 207 g/mol. The Morgan fingerprint density at radius 1 is 1.27 bits per heavy atom. The Bertz CT molecular complexity index is 267. The van der Waals surface area contributed by atoms with Crippen LogP contribution < -0.4 is 5.32 Å². The zero-order valence-corrected chi connectivity index (χ0v) is 9.95. The Morgan fingerprint density at radius 2 is 1.93 bits per heavy atom. The van der Waals surface area contributed by atoms with Gasteiger partial charge < -0.3 is 5.32 Å². The molecule has 84 valence electrons. The summed E-state index contributed by atoms with van der Waals surface area (Å²) in [7, 11) is 0. The quantitative estimate of drug-likeness (QED) is 0.778. The third kappa shape index (κ3) is 4.88. The van der Waals surface area contributed by atoms with Crippen molar-refractivity contribution in [2.24, 2.45) is 0 Å². The molecule has 1 N–H and O–H groups in total. The molecule has 0 saturated carbocycles. The van der Waals surface area contributed by atoms with Crippen LogP contribution in [0.3, 0.4) is 0 Å². The predicted molar refractivity (Wildman–Crippen MR) is 62.6 cm³/mol. The van der Waals surface area contributed by atoms with E-state index in [2.05, 4.69) is 36.1 Å². The van der Waals surface area contributed by atoms with Gasteiger partial charge in [-0.05, 0) is 6.42 Å². The highest BCUT2D eigenvalue weighted by Gasteiger charge is 1.98. The van der Waals surface area contributed by atoms with E-state index in [0.29, 0.717) is 6.04 Å². The van der Waals surface area contributed by atoms with E-state index in [9.17, 15) is 0 Å². The molecular weight excluding hydrogens is 186 g/mol. The van der Waals surface area contributed by atoms with Gasteiger partial charge in [0.15, 0.2) is 0 Å². The Hall–Kier alpha value is -0.960. The van der Waals surface area contributed by atoms with Gasteiger partial charge >= 0.3 is 0 Å². The van der Waals surface area contributed by atoms with E-state index < -0.39 is 0 Å². The first-order valence-electron chi connectivity index (χ1n) is 5.75. The first kappa shape index (κ1) is 12.1. The molecule has 0 aliphatic heterocycles. The molecule has 0 bridgehead atoms. The van der Waals surface area contributed by atoms with E-state index in [1.165, 1.54) is 12.8 Å². The van der Waals surface area contributed by atoms with E-state index in [1.54, 1.807) is 0 Å². The van der Waals surface area contributed by atoms with Gasteiger partial charge in [0.1, 0.15) is 5.82 Å². The zero-order chi connectivity index (χ0) is 11.1. The third-order valence-electron chi connectivity index (χ3n) is 2.23. The third-order valence-corrected chi connectivity index (χ3v) is 2.23. The van der Waals surface area contributed by atoms with Crippen molar-refractivity contribution in [1.82, 2.24) is 15.3 Å². The van der Waals surface area contributed by atoms with Gasteiger partial charge in [-0.15, -0.1) is 0 Å². The lowest BCUT2D eigenvalue weighted by atomic mass is 10.2. The molecule has 1 heterocycles. The van der Waals surface area contributed by atoms with Crippen molar-refractivity contribution in [3.8, 4) is 0 Å². The molecule has 0 aromatic carbocycles. The molecule has 1 aromatic heterocycles. The van der Waals surface area contributed by atoms with Crippen LogP contribution in [0.1, 0.15) is 45.0 Å². The van der Waals surface area contributed by atoms with Gasteiger partial charge in [-0.2, -0.15) is 0 Å². The fraction of sp³-hybridized carbons (Fsp3) is 0.667. The van der Waals surface area contributed by atoms with Gasteiger partial charge in [0.2, 0.25) is 0 Å². The Morgan fingerprint density at radius 3 is 2.47 bits per heavy atom. The average Bonchev–Trinajstić information content (AvgIpc) is 2.25. The predicted octanol–water partition coefficient (Wildman–Crippen LogP) is 2.32. The zero-order valence-electron chi connectivity index (χ0n) is 9.95. The number of hydrogen-bond donors (Lipinski definition) is 1. The standard InChI is InChI=1S/C12H21N3/c1-4-5-6-12-14-8-11(9-15-12)7-13-10(2)3/h8-10,13H,4-7H2,1-3H3. The van der Waals surface area contributed by atoms with Crippen LogP contribution in [-0.2, 0) is 13.0 Å². The first-order valence-corrected chi connectivity index (χ1v) is 5.75. The van der Waals surface area contributed by atoms with Gasteiger partial charge in [0.05, 0.1) is 0 Å². The number of unbranched alkanes of at least 4 members (excludes halogenated alkanes) is 1. The van der Waals surface area contributed by atoms with Crippen LogP contribution in [0.5, 0.6) is 0 Å². The average molecular weight is 207 g/mol. The molecule has 0 spiro atoms. The van der Waals surface area contributed by atoms with Gasteiger partial charge in [0.25, 0.3) is 0 Å². The number of nitrogens with one attached hydrogen (secondary N) is 1. The maximum absolute atomic E-state index is 4.34. The minimum Gasteiger partial charge on any atom is -0.310 e. The summed E-state index contributed by atoms with van der Waals surface area (Å²) < 4.78 is 0. The van der Waals surface area contributed by atoms with Crippen LogP contribution in [0.4, 0.5) is 0 Å². The summed E-state index contributed by atoms with van der Waals surface area (Å²) in [5, 5.41) is 3.34. The summed E-state index contributed by atoms with van der Waals surface area (Å²) in [5.41, 5.74) is 1.16. The van der Waals surface area contributed by atoms with Gasteiger partial charge in [-0.3, -0.25) is 0 Å². The van der Waals surface area contributed by atoms with Crippen LogP contribution in [0.15, 0.2) is 12.4 Å². The molecule has 15 heavy (non-hydrogen) atoms. The van der Waals surface area contributed by atoms with E-state index in [1.807, 2.05) is 12.4 Å². The number of hydrogen-bond acceptors (Lipinski definition) is 3. The molecule has 0 amide bonds. The van der Waals surface area contributed by atoms with E-state index >= 15 is 0 Å². The topological polar surface area (TPSA) is 37.8 Å². The highest BCUT2D eigenvalue weighted by molar-refractivity contribution is 5.05. The lowest BCUT2D eigenvalue weighted by Crippen LogP contribution is -2.22. The number of aromatic nitrogens is 2. The van der Waals surface area contributed by atoms with E-state index in [4.69, 9.17) is 0 Å². The minimum absolute atomic E-state index is 0.504. The van der Waals surface area contributed by atoms with Crippen molar-refractivity contribution in [2.45, 2.75) is 52.6 Å². The molecule has 3 nitrogen and oxygen atoms in total. The summed E-state index contributed by atoms with van der Waals surface area (Å²) in [6, 6.07) is 0.504. The molecular formula is C12H21N3. The molecule has 0 unspecified atom stereocenters. The lowest BCUT2D eigenvalue weighted by Gasteiger charge is -2.07. The molecule has 0 radical (unpaired) electrons. The summed E-state index contributed by atoms with van der Waals surface area (Å²) >= 11 is 0. The highest BCUT2D eigenvalue weighted by atomic mass is 14.9. The fourth-order valence-corrected chi connectivity index (χ4v) is 1.26. The van der Waals surface area contributed by atoms with Gasteiger partial charge in [-0.25, -0.2) is 9.97 Å². The van der Waals surface area contributed by atoms with E-state index in [0.717, 1.165) is 24.4 Å². The van der Waals surface area contributed by atoms with Gasteiger partial charge in [0, 0.05) is 37.0 Å². The van der Waals surface area contributed by atoms with Crippen LogP contribution in [0, 0.1) is 0 Å². The van der Waals surface area contributed by atoms with Crippen LogP contribution in [0.25, 0.3) is 0 Å². The van der Waals surface area contributed by atoms with Crippen molar-refractivity contribution >= 4 is 0 Å². The molecule has 3 heteroatoms. The second-order valence-corrected chi connectivity index (χ2v) is 4.15. The fourth-order valence-electron chi connectivity index (χ4n) is 1.26. The SMILES string of the molecule is CCCCc1ncc(CNC(C)C)cn1. The Labute approximate surface area is 92.3 Å². The Balaban J connectivity index is 2.41. The summed E-state index contributed by atoms with van der Waals surface area (Å²) in [5.74, 6) is 0.963. The molecule has 0 atom stereocenters. The first-order chi connectivity index (χ1) is 7.22. The summed E-state index contributed by atoms with van der Waals surface area (Å²) in [6.07, 6.45) is 7.21. The second-order valence-electron chi connectivity index (χ2n) is 4.15. The smallest absolute Gasteiger partial charge is 0.128 e. The van der Waals surface area contributed by atoms with Gasteiger partial charge in [-0.1, -0.05) is 27.2 Å². The molecule has 0 fully saturated rings.